The van der Waals surface area contributed by atoms with Crippen LogP contribution in [0.2, 0.25) is 0 Å². The van der Waals surface area contributed by atoms with E-state index in [0.717, 1.165) is 16.7 Å². The minimum absolute atomic E-state index is 0.862. The fourth-order valence-corrected chi connectivity index (χ4v) is 3.44. The quantitative estimate of drug-likeness (QED) is 0.632. The first kappa shape index (κ1) is 13.4. The lowest BCUT2D eigenvalue weighted by Gasteiger charge is -2.06. The first-order valence-corrected chi connectivity index (χ1v) is 8.11. The Morgan fingerprint density at radius 2 is 1.60 bits per heavy atom. The van der Waals surface area contributed by atoms with Crippen molar-refractivity contribution in [3.05, 3.63) is 75.4 Å². The van der Waals surface area contributed by atoms with Gasteiger partial charge in [0.15, 0.2) is 0 Å². The summed E-state index contributed by atoms with van der Waals surface area (Å²) in [6, 6.07) is 21.2. The molecule has 0 fully saturated rings. The number of hydrogen-bond donors (Lipinski definition) is 1. The highest BCUT2D eigenvalue weighted by atomic mass is 79.9. The van der Waals surface area contributed by atoms with Crippen molar-refractivity contribution in [2.45, 2.75) is 6.54 Å². The summed E-state index contributed by atoms with van der Waals surface area (Å²) in [6.07, 6.45) is 0. The van der Waals surface area contributed by atoms with Gasteiger partial charge in [0.25, 0.3) is 0 Å². The Hall–Kier alpha value is -1.58. The molecule has 1 heterocycles. The zero-order chi connectivity index (χ0) is 13.8. The second kappa shape index (κ2) is 6.25. The zero-order valence-electron chi connectivity index (χ0n) is 10.8. The average Bonchev–Trinajstić information content (AvgIpc) is 2.92. The second-order valence-corrected chi connectivity index (χ2v) is 6.44. The number of nitrogens with one attached hydrogen (secondary N) is 1. The summed E-state index contributed by atoms with van der Waals surface area (Å²) in [4.78, 5) is 1.32. The largest absolute Gasteiger partial charge is 0.380 e. The van der Waals surface area contributed by atoms with Crippen molar-refractivity contribution in [2.75, 3.05) is 5.32 Å². The van der Waals surface area contributed by atoms with Crippen LogP contribution in [0.25, 0.3) is 11.1 Å². The van der Waals surface area contributed by atoms with Gasteiger partial charge in [-0.15, -0.1) is 11.3 Å². The van der Waals surface area contributed by atoms with Gasteiger partial charge in [0, 0.05) is 27.0 Å². The van der Waals surface area contributed by atoms with Crippen LogP contribution in [0.3, 0.4) is 0 Å². The Balaban J connectivity index is 1.67. The summed E-state index contributed by atoms with van der Waals surface area (Å²) >= 11 is 5.24. The summed E-state index contributed by atoms with van der Waals surface area (Å²) < 4.78 is 1.15. The van der Waals surface area contributed by atoms with Crippen LogP contribution in [0.4, 0.5) is 5.69 Å². The van der Waals surface area contributed by atoms with E-state index in [0.29, 0.717) is 0 Å². The first-order chi connectivity index (χ1) is 9.81. The van der Waals surface area contributed by atoms with Crippen molar-refractivity contribution in [1.82, 2.24) is 0 Å². The SMILES string of the molecule is Brc1csc(CNc2ccc(-c3ccccc3)cc2)c1. The fraction of sp³-hybridized carbons (Fsp3) is 0.0588. The van der Waals surface area contributed by atoms with E-state index < -0.39 is 0 Å². The fourth-order valence-electron chi connectivity index (χ4n) is 2.05. The molecule has 3 rings (SSSR count). The molecule has 0 saturated heterocycles. The smallest absolute Gasteiger partial charge is 0.0494 e. The molecule has 0 unspecified atom stereocenters. The third-order valence-electron chi connectivity index (χ3n) is 3.08. The lowest BCUT2D eigenvalue weighted by atomic mass is 10.1. The molecule has 3 heteroatoms. The maximum atomic E-state index is 3.48. The predicted molar refractivity (Wildman–Crippen MR) is 91.2 cm³/mol. The molecule has 0 aliphatic rings. The van der Waals surface area contributed by atoms with Gasteiger partial charge < -0.3 is 5.32 Å². The third-order valence-corrected chi connectivity index (χ3v) is 4.78. The van der Waals surface area contributed by atoms with Gasteiger partial charge in [-0.2, -0.15) is 0 Å². The van der Waals surface area contributed by atoms with Gasteiger partial charge in [0.2, 0.25) is 0 Å². The molecule has 3 aromatic rings. The number of anilines is 1. The van der Waals surface area contributed by atoms with Crippen molar-refractivity contribution >= 4 is 33.0 Å². The van der Waals surface area contributed by atoms with Crippen molar-refractivity contribution in [2.24, 2.45) is 0 Å². The van der Waals surface area contributed by atoms with E-state index >= 15 is 0 Å². The standard InChI is InChI=1S/C17H14BrNS/c18-15-10-17(20-12-15)11-19-16-8-6-14(7-9-16)13-4-2-1-3-5-13/h1-10,12,19H,11H2. The van der Waals surface area contributed by atoms with Gasteiger partial charge in [-0.1, -0.05) is 42.5 Å². The highest BCUT2D eigenvalue weighted by Gasteiger charge is 1.99. The highest BCUT2D eigenvalue weighted by Crippen LogP contribution is 2.23. The van der Waals surface area contributed by atoms with Crippen LogP contribution in [0.5, 0.6) is 0 Å². The van der Waals surface area contributed by atoms with Gasteiger partial charge in [0.1, 0.15) is 0 Å². The Morgan fingerprint density at radius 3 is 2.25 bits per heavy atom. The van der Waals surface area contributed by atoms with Crippen molar-refractivity contribution in [3.63, 3.8) is 0 Å². The summed E-state index contributed by atoms with van der Waals surface area (Å²) in [5.74, 6) is 0. The second-order valence-electron chi connectivity index (χ2n) is 4.53. The molecule has 0 amide bonds. The molecule has 0 bridgehead atoms. The van der Waals surface area contributed by atoms with Gasteiger partial charge in [-0.3, -0.25) is 0 Å². The first-order valence-electron chi connectivity index (χ1n) is 6.43. The zero-order valence-corrected chi connectivity index (χ0v) is 13.2. The van der Waals surface area contributed by atoms with Crippen LogP contribution in [0.15, 0.2) is 70.5 Å². The summed E-state index contributed by atoms with van der Waals surface area (Å²) in [6.45, 7) is 0.862. The molecule has 20 heavy (non-hydrogen) atoms. The van der Waals surface area contributed by atoms with E-state index in [1.807, 2.05) is 6.07 Å². The van der Waals surface area contributed by atoms with E-state index in [4.69, 9.17) is 0 Å². The molecule has 1 nitrogen and oxygen atoms in total. The van der Waals surface area contributed by atoms with Crippen LogP contribution >= 0.6 is 27.3 Å². The molecular formula is C17H14BrNS. The van der Waals surface area contributed by atoms with Crippen LogP contribution in [-0.4, -0.2) is 0 Å². The third kappa shape index (κ3) is 3.30. The van der Waals surface area contributed by atoms with Crippen LogP contribution in [0.1, 0.15) is 4.88 Å². The van der Waals surface area contributed by atoms with E-state index in [-0.39, 0.29) is 0 Å². The molecule has 0 radical (unpaired) electrons. The molecule has 100 valence electrons. The molecular weight excluding hydrogens is 330 g/mol. The Morgan fingerprint density at radius 1 is 0.900 bits per heavy atom. The van der Waals surface area contributed by atoms with E-state index in [2.05, 4.69) is 81.2 Å². The lowest BCUT2D eigenvalue weighted by Crippen LogP contribution is -1.96. The molecule has 0 aliphatic heterocycles. The number of halogens is 1. The normalized spacial score (nSPS) is 10.4. The number of thiophene rings is 1. The Kier molecular flexibility index (Phi) is 4.19. The summed E-state index contributed by atoms with van der Waals surface area (Å²) in [5, 5.41) is 5.55. The topological polar surface area (TPSA) is 12.0 Å². The van der Waals surface area contributed by atoms with Crippen LogP contribution < -0.4 is 5.32 Å². The minimum atomic E-state index is 0.862. The van der Waals surface area contributed by atoms with Gasteiger partial charge >= 0.3 is 0 Å². The number of hydrogen-bond acceptors (Lipinski definition) is 2. The number of benzene rings is 2. The molecule has 0 atom stereocenters. The Labute approximate surface area is 131 Å². The monoisotopic (exact) mass is 343 g/mol. The lowest BCUT2D eigenvalue weighted by molar-refractivity contribution is 1.19. The molecule has 2 aromatic carbocycles. The van der Waals surface area contributed by atoms with E-state index in [1.54, 1.807) is 11.3 Å². The van der Waals surface area contributed by atoms with Gasteiger partial charge in [-0.05, 0) is 45.3 Å². The minimum Gasteiger partial charge on any atom is -0.380 e. The van der Waals surface area contributed by atoms with Gasteiger partial charge in [-0.25, -0.2) is 0 Å². The van der Waals surface area contributed by atoms with Crippen LogP contribution in [0, 0.1) is 0 Å². The molecule has 0 spiro atoms. The summed E-state index contributed by atoms with van der Waals surface area (Å²) in [7, 11) is 0. The average molecular weight is 344 g/mol. The summed E-state index contributed by atoms with van der Waals surface area (Å²) in [5.41, 5.74) is 3.64. The molecule has 0 saturated carbocycles. The van der Waals surface area contributed by atoms with Crippen LogP contribution in [-0.2, 0) is 6.54 Å². The number of rotatable bonds is 4. The molecule has 0 aliphatic carbocycles. The highest BCUT2D eigenvalue weighted by molar-refractivity contribution is 9.10. The Bertz CT molecular complexity index is 674. The van der Waals surface area contributed by atoms with Crippen molar-refractivity contribution in [3.8, 4) is 11.1 Å². The maximum Gasteiger partial charge on any atom is 0.0494 e. The maximum absolute atomic E-state index is 3.48. The van der Waals surface area contributed by atoms with Crippen molar-refractivity contribution in [1.29, 1.82) is 0 Å². The van der Waals surface area contributed by atoms with E-state index in [1.165, 1.54) is 16.0 Å². The van der Waals surface area contributed by atoms with E-state index in [9.17, 15) is 0 Å². The van der Waals surface area contributed by atoms with Gasteiger partial charge in [0.05, 0.1) is 0 Å². The molecule has 1 N–H and O–H groups in total. The van der Waals surface area contributed by atoms with Crippen molar-refractivity contribution < 1.29 is 0 Å². The molecule has 1 aromatic heterocycles. The predicted octanol–water partition coefficient (Wildman–Crippen LogP) is 5.79.